The van der Waals surface area contributed by atoms with Crippen LogP contribution in [0, 0.1) is 0 Å². The van der Waals surface area contributed by atoms with Gasteiger partial charge in [0.05, 0.1) is 12.1 Å². The first-order valence-corrected chi connectivity index (χ1v) is 5.30. The molecule has 2 N–H and O–H groups in total. The summed E-state index contributed by atoms with van der Waals surface area (Å²) in [6.45, 7) is 0. The second-order valence-electron chi connectivity index (χ2n) is 3.92. The van der Waals surface area contributed by atoms with Gasteiger partial charge in [0.25, 0.3) is 0 Å². The largest absolute Gasteiger partial charge is 0.386 e. The second kappa shape index (κ2) is 4.45. The van der Waals surface area contributed by atoms with E-state index in [2.05, 4.69) is 5.32 Å². The molecule has 0 aliphatic carbocycles. The van der Waals surface area contributed by atoms with Crippen LogP contribution in [0.4, 0.5) is 0 Å². The molecule has 2 atom stereocenters. The number of piperidine rings is 1. The van der Waals surface area contributed by atoms with Gasteiger partial charge in [-0.05, 0) is 18.4 Å². The van der Waals surface area contributed by atoms with Crippen LogP contribution in [0.5, 0.6) is 0 Å². The van der Waals surface area contributed by atoms with Crippen LogP contribution in [0.15, 0.2) is 30.3 Å². The summed E-state index contributed by atoms with van der Waals surface area (Å²) < 4.78 is 0. The number of amides is 1. The van der Waals surface area contributed by atoms with Crippen LogP contribution >= 0.6 is 0 Å². The van der Waals surface area contributed by atoms with E-state index in [0.29, 0.717) is 6.42 Å². The van der Waals surface area contributed by atoms with E-state index >= 15 is 0 Å². The molecule has 0 bridgehead atoms. The molecule has 80 valence electrons. The number of rotatable bonds is 2. The van der Waals surface area contributed by atoms with Crippen LogP contribution in [0.1, 0.15) is 30.9 Å². The van der Waals surface area contributed by atoms with Crippen molar-refractivity contribution in [3.05, 3.63) is 35.9 Å². The van der Waals surface area contributed by atoms with Crippen molar-refractivity contribution in [3.8, 4) is 0 Å². The second-order valence-corrected chi connectivity index (χ2v) is 3.92. The topological polar surface area (TPSA) is 49.3 Å². The zero-order valence-electron chi connectivity index (χ0n) is 8.52. The first-order chi connectivity index (χ1) is 7.27. The Balaban J connectivity index is 2.07. The number of hydrogen-bond donors (Lipinski definition) is 2. The predicted octanol–water partition coefficient (Wildman–Crippen LogP) is 1.39. The van der Waals surface area contributed by atoms with Gasteiger partial charge in [-0.25, -0.2) is 0 Å². The lowest BCUT2D eigenvalue weighted by molar-refractivity contribution is -0.124. The van der Waals surface area contributed by atoms with E-state index in [1.807, 2.05) is 30.3 Å². The number of carbonyl (C=O) groups is 1. The van der Waals surface area contributed by atoms with Gasteiger partial charge < -0.3 is 10.4 Å². The van der Waals surface area contributed by atoms with Gasteiger partial charge in [0, 0.05) is 6.42 Å². The van der Waals surface area contributed by atoms with Crippen molar-refractivity contribution in [2.45, 2.75) is 31.4 Å². The Morgan fingerprint density at radius 3 is 2.73 bits per heavy atom. The molecule has 3 nitrogen and oxygen atoms in total. The maximum absolute atomic E-state index is 11.2. The van der Waals surface area contributed by atoms with Crippen LogP contribution in [0.3, 0.4) is 0 Å². The van der Waals surface area contributed by atoms with Crippen molar-refractivity contribution < 1.29 is 9.90 Å². The Labute approximate surface area is 89.1 Å². The summed E-state index contributed by atoms with van der Waals surface area (Å²) in [5.74, 6) is 0.0428. The number of aliphatic hydroxyl groups is 1. The van der Waals surface area contributed by atoms with Gasteiger partial charge in [-0.15, -0.1) is 0 Å². The van der Waals surface area contributed by atoms with E-state index in [9.17, 15) is 9.90 Å². The summed E-state index contributed by atoms with van der Waals surface area (Å²) in [7, 11) is 0. The molecule has 1 aromatic carbocycles. The molecule has 1 aliphatic rings. The maximum Gasteiger partial charge on any atom is 0.220 e. The summed E-state index contributed by atoms with van der Waals surface area (Å²) in [4.78, 5) is 11.2. The van der Waals surface area contributed by atoms with Gasteiger partial charge in [0.2, 0.25) is 5.91 Å². The number of carbonyl (C=O) groups excluding carboxylic acids is 1. The monoisotopic (exact) mass is 205 g/mol. The van der Waals surface area contributed by atoms with Crippen molar-refractivity contribution in [3.63, 3.8) is 0 Å². The highest BCUT2D eigenvalue weighted by Crippen LogP contribution is 2.22. The standard InChI is InChI=1S/C12H15NO2/c14-11-8-4-7-10(13-11)12(15)9-5-2-1-3-6-9/h1-3,5-6,10,12,15H,4,7-8H2,(H,13,14)/t10-,12-/m1/s1. The molecule has 0 saturated carbocycles. The first-order valence-electron chi connectivity index (χ1n) is 5.30. The normalized spacial score (nSPS) is 23.3. The Kier molecular flexibility index (Phi) is 3.02. The lowest BCUT2D eigenvalue weighted by Gasteiger charge is -2.27. The zero-order valence-corrected chi connectivity index (χ0v) is 8.52. The fraction of sp³-hybridized carbons (Fsp3) is 0.417. The lowest BCUT2D eigenvalue weighted by Crippen LogP contribution is -2.42. The summed E-state index contributed by atoms with van der Waals surface area (Å²) in [6.07, 6.45) is 1.70. The van der Waals surface area contributed by atoms with E-state index in [1.165, 1.54) is 0 Å². The highest BCUT2D eigenvalue weighted by atomic mass is 16.3. The minimum absolute atomic E-state index is 0.0428. The fourth-order valence-corrected chi connectivity index (χ4v) is 1.95. The van der Waals surface area contributed by atoms with Gasteiger partial charge in [0.1, 0.15) is 0 Å². The van der Waals surface area contributed by atoms with Crippen LogP contribution in [0.25, 0.3) is 0 Å². The molecule has 0 unspecified atom stereocenters. The van der Waals surface area contributed by atoms with E-state index in [4.69, 9.17) is 0 Å². The highest BCUT2D eigenvalue weighted by Gasteiger charge is 2.25. The van der Waals surface area contributed by atoms with Crippen molar-refractivity contribution in [1.29, 1.82) is 0 Å². The van der Waals surface area contributed by atoms with Gasteiger partial charge in [-0.1, -0.05) is 30.3 Å². The number of aliphatic hydroxyl groups excluding tert-OH is 1. The average molecular weight is 205 g/mol. The summed E-state index contributed by atoms with van der Waals surface area (Å²) >= 11 is 0. The van der Waals surface area contributed by atoms with Gasteiger partial charge in [-0.2, -0.15) is 0 Å². The minimum atomic E-state index is -0.588. The third-order valence-corrected chi connectivity index (χ3v) is 2.79. The summed E-state index contributed by atoms with van der Waals surface area (Å²) in [6, 6.07) is 9.33. The highest BCUT2D eigenvalue weighted by molar-refractivity contribution is 5.77. The molecule has 3 heteroatoms. The molecular formula is C12H15NO2. The molecule has 0 radical (unpaired) electrons. The SMILES string of the molecule is O=C1CCC[C@H]([C@H](O)c2ccccc2)N1. The third kappa shape index (κ3) is 2.36. The van der Waals surface area contributed by atoms with Crippen LogP contribution in [0.2, 0.25) is 0 Å². The molecule has 0 aromatic heterocycles. The average Bonchev–Trinajstić information content (AvgIpc) is 2.29. The summed E-state index contributed by atoms with van der Waals surface area (Å²) in [5.41, 5.74) is 0.865. The molecule has 1 heterocycles. The molecule has 1 saturated heterocycles. The van der Waals surface area contributed by atoms with Crippen molar-refractivity contribution >= 4 is 5.91 Å². The molecule has 0 spiro atoms. The van der Waals surface area contributed by atoms with E-state index < -0.39 is 6.10 Å². The van der Waals surface area contributed by atoms with Crippen molar-refractivity contribution in [2.24, 2.45) is 0 Å². The van der Waals surface area contributed by atoms with Gasteiger partial charge >= 0.3 is 0 Å². The molecule has 1 aliphatic heterocycles. The first kappa shape index (κ1) is 10.2. The number of hydrogen-bond acceptors (Lipinski definition) is 2. The predicted molar refractivity (Wildman–Crippen MR) is 57.2 cm³/mol. The quantitative estimate of drug-likeness (QED) is 0.766. The van der Waals surface area contributed by atoms with E-state index in [1.54, 1.807) is 0 Å². The molecule has 1 amide bonds. The van der Waals surface area contributed by atoms with Crippen LogP contribution in [-0.2, 0) is 4.79 Å². The molecule has 1 aromatic rings. The number of nitrogens with one attached hydrogen (secondary N) is 1. The fourth-order valence-electron chi connectivity index (χ4n) is 1.95. The third-order valence-electron chi connectivity index (χ3n) is 2.79. The zero-order chi connectivity index (χ0) is 10.7. The Morgan fingerprint density at radius 1 is 1.33 bits per heavy atom. The van der Waals surface area contributed by atoms with Crippen LogP contribution in [-0.4, -0.2) is 17.1 Å². The molecule has 15 heavy (non-hydrogen) atoms. The number of benzene rings is 1. The van der Waals surface area contributed by atoms with Crippen molar-refractivity contribution in [2.75, 3.05) is 0 Å². The van der Waals surface area contributed by atoms with Gasteiger partial charge in [-0.3, -0.25) is 4.79 Å². The van der Waals surface area contributed by atoms with Gasteiger partial charge in [0.15, 0.2) is 0 Å². The molecule has 1 fully saturated rings. The maximum atomic E-state index is 11.2. The minimum Gasteiger partial charge on any atom is -0.386 e. The molecule has 2 rings (SSSR count). The van der Waals surface area contributed by atoms with E-state index in [-0.39, 0.29) is 11.9 Å². The lowest BCUT2D eigenvalue weighted by atomic mass is 9.95. The van der Waals surface area contributed by atoms with Crippen molar-refractivity contribution in [1.82, 2.24) is 5.32 Å². The summed E-state index contributed by atoms with van der Waals surface area (Å²) in [5, 5.41) is 12.9. The van der Waals surface area contributed by atoms with E-state index in [0.717, 1.165) is 18.4 Å². The smallest absolute Gasteiger partial charge is 0.220 e. The van der Waals surface area contributed by atoms with Crippen LogP contribution < -0.4 is 5.32 Å². The Hall–Kier alpha value is -1.35. The Bertz CT molecular complexity index is 337. The molecular weight excluding hydrogens is 190 g/mol. The Morgan fingerprint density at radius 2 is 2.07 bits per heavy atom.